The highest BCUT2D eigenvalue weighted by Crippen LogP contribution is 2.23. The number of fused-ring (bicyclic) bond motifs is 1. The third-order valence-electron chi connectivity index (χ3n) is 5.18. The summed E-state index contributed by atoms with van der Waals surface area (Å²) in [5, 5.41) is 12.6. The summed E-state index contributed by atoms with van der Waals surface area (Å²) in [5.41, 5.74) is 2.38. The van der Waals surface area contributed by atoms with Crippen LogP contribution in [-0.4, -0.2) is 37.1 Å². The van der Waals surface area contributed by atoms with Gasteiger partial charge < -0.3 is 19.6 Å². The number of aromatic hydroxyl groups is 1. The molecule has 0 saturated heterocycles. The Morgan fingerprint density at radius 3 is 2.77 bits per heavy atom. The molecule has 2 N–H and O–H groups in total. The van der Waals surface area contributed by atoms with E-state index in [2.05, 4.69) is 5.32 Å². The summed E-state index contributed by atoms with van der Waals surface area (Å²) in [6.07, 6.45) is 3.69. The van der Waals surface area contributed by atoms with Gasteiger partial charge >= 0.3 is 0 Å². The summed E-state index contributed by atoms with van der Waals surface area (Å²) in [6, 6.07) is 10.5. The number of hydrogen-bond acceptors (Lipinski definition) is 5. The van der Waals surface area contributed by atoms with Crippen molar-refractivity contribution in [1.82, 2.24) is 19.4 Å². The fourth-order valence-corrected chi connectivity index (χ4v) is 4.11. The van der Waals surface area contributed by atoms with E-state index < -0.39 is 0 Å². The van der Waals surface area contributed by atoms with Gasteiger partial charge in [-0.2, -0.15) is 11.8 Å². The minimum absolute atomic E-state index is 0.0365. The van der Waals surface area contributed by atoms with Crippen LogP contribution < -0.4 is 10.9 Å². The third-order valence-corrected chi connectivity index (χ3v) is 5.83. The Kier molecular flexibility index (Phi) is 7.20. The number of aryl methyl sites for hydroxylation is 2. The molecule has 30 heavy (non-hydrogen) atoms. The van der Waals surface area contributed by atoms with Gasteiger partial charge in [0.1, 0.15) is 11.6 Å². The number of nitrogens with zero attached hydrogens (tertiary/aromatic N) is 3. The summed E-state index contributed by atoms with van der Waals surface area (Å²) < 4.78 is 3.61. The predicted octanol–water partition coefficient (Wildman–Crippen LogP) is 3.14. The molecular weight excluding hydrogens is 400 g/mol. The smallest absolute Gasteiger partial charge is 0.254 e. The van der Waals surface area contributed by atoms with Crippen molar-refractivity contribution in [3.8, 4) is 5.75 Å². The Hall–Kier alpha value is -2.74. The van der Waals surface area contributed by atoms with E-state index in [1.807, 2.05) is 42.1 Å². The maximum atomic E-state index is 12.6. The van der Waals surface area contributed by atoms with Crippen LogP contribution in [0.15, 0.2) is 41.2 Å². The highest BCUT2D eigenvalue weighted by molar-refractivity contribution is 7.98. The van der Waals surface area contributed by atoms with Crippen molar-refractivity contribution in [1.29, 1.82) is 0 Å². The van der Waals surface area contributed by atoms with Crippen LogP contribution in [0, 0.1) is 6.92 Å². The molecule has 2 aromatic heterocycles. The SMILES string of the molecule is CSCCC(NC(=O)CCCn1c(C)cc(O)cc1=O)c1nc2ccccc2n1C. The number of rotatable bonds is 9. The van der Waals surface area contributed by atoms with Gasteiger partial charge in [0, 0.05) is 31.8 Å². The van der Waals surface area contributed by atoms with Crippen LogP contribution >= 0.6 is 11.8 Å². The number of carbonyl (C=O) groups is 1. The van der Waals surface area contributed by atoms with Gasteiger partial charge in [0.15, 0.2) is 0 Å². The van der Waals surface area contributed by atoms with Crippen LogP contribution in [0.4, 0.5) is 0 Å². The van der Waals surface area contributed by atoms with Gasteiger partial charge in [-0.1, -0.05) is 12.1 Å². The van der Waals surface area contributed by atoms with Gasteiger partial charge in [-0.3, -0.25) is 9.59 Å². The van der Waals surface area contributed by atoms with Crippen molar-refractivity contribution >= 4 is 28.7 Å². The van der Waals surface area contributed by atoms with Crippen molar-refractivity contribution in [3.05, 3.63) is 58.3 Å². The molecule has 0 aliphatic heterocycles. The lowest BCUT2D eigenvalue weighted by Crippen LogP contribution is -2.31. The molecule has 0 aliphatic rings. The van der Waals surface area contributed by atoms with Crippen molar-refractivity contribution in [2.45, 2.75) is 38.8 Å². The molecule has 1 unspecified atom stereocenters. The van der Waals surface area contributed by atoms with E-state index in [4.69, 9.17) is 4.98 Å². The fraction of sp³-hybridized carbons (Fsp3) is 0.409. The molecular formula is C22H28N4O3S. The first-order valence-corrected chi connectivity index (χ1v) is 11.4. The van der Waals surface area contributed by atoms with Gasteiger partial charge in [0.25, 0.3) is 5.56 Å². The van der Waals surface area contributed by atoms with Crippen LogP contribution in [0.5, 0.6) is 5.75 Å². The van der Waals surface area contributed by atoms with Crippen LogP contribution in [0.25, 0.3) is 11.0 Å². The molecule has 7 nitrogen and oxygen atoms in total. The van der Waals surface area contributed by atoms with Gasteiger partial charge in [-0.15, -0.1) is 0 Å². The lowest BCUT2D eigenvalue weighted by atomic mass is 10.2. The van der Waals surface area contributed by atoms with Crippen molar-refractivity contribution in [3.63, 3.8) is 0 Å². The minimum atomic E-state index is -0.259. The van der Waals surface area contributed by atoms with E-state index in [-0.39, 0.29) is 23.3 Å². The minimum Gasteiger partial charge on any atom is -0.508 e. The van der Waals surface area contributed by atoms with Crippen molar-refractivity contribution < 1.29 is 9.90 Å². The molecule has 0 fully saturated rings. The Labute approximate surface area is 180 Å². The van der Waals surface area contributed by atoms with Gasteiger partial charge in [0.2, 0.25) is 5.91 Å². The third kappa shape index (κ3) is 5.05. The Morgan fingerprint density at radius 1 is 1.30 bits per heavy atom. The maximum Gasteiger partial charge on any atom is 0.254 e. The molecule has 1 atom stereocenters. The zero-order valence-corrected chi connectivity index (χ0v) is 18.4. The number of aromatic nitrogens is 3. The van der Waals surface area contributed by atoms with Gasteiger partial charge in [-0.25, -0.2) is 4.98 Å². The van der Waals surface area contributed by atoms with Crippen LogP contribution in [0.2, 0.25) is 0 Å². The molecule has 0 saturated carbocycles. The van der Waals surface area contributed by atoms with Crippen LogP contribution in [0.1, 0.15) is 36.8 Å². The van der Waals surface area contributed by atoms with Crippen molar-refractivity contribution in [2.24, 2.45) is 7.05 Å². The van der Waals surface area contributed by atoms with E-state index in [0.29, 0.717) is 25.1 Å². The van der Waals surface area contributed by atoms with E-state index in [9.17, 15) is 14.7 Å². The number of imidazole rings is 1. The molecule has 0 radical (unpaired) electrons. The second-order valence-corrected chi connectivity index (χ2v) is 8.35. The van der Waals surface area contributed by atoms with Crippen LogP contribution in [0.3, 0.4) is 0 Å². The molecule has 0 spiro atoms. The molecule has 1 amide bonds. The highest BCUT2D eigenvalue weighted by Gasteiger charge is 2.20. The first kappa shape index (κ1) is 22.0. The number of thioether (sulfide) groups is 1. The van der Waals surface area contributed by atoms with Crippen molar-refractivity contribution in [2.75, 3.05) is 12.0 Å². The summed E-state index contributed by atoms with van der Waals surface area (Å²) in [5.74, 6) is 1.67. The number of hydrogen-bond donors (Lipinski definition) is 2. The first-order chi connectivity index (χ1) is 14.4. The lowest BCUT2D eigenvalue weighted by Gasteiger charge is -2.18. The summed E-state index contributed by atoms with van der Waals surface area (Å²) in [7, 11) is 1.98. The Balaban J connectivity index is 1.67. The van der Waals surface area contributed by atoms with Gasteiger partial charge in [-0.05, 0) is 50.0 Å². The molecule has 8 heteroatoms. The Bertz CT molecular complexity index is 1090. The lowest BCUT2D eigenvalue weighted by molar-refractivity contribution is -0.122. The quantitative estimate of drug-likeness (QED) is 0.547. The fourth-order valence-electron chi connectivity index (χ4n) is 3.64. The highest BCUT2D eigenvalue weighted by atomic mass is 32.2. The standard InChI is InChI=1S/C22H28N4O3S/c1-15-13-16(27)14-21(29)26(15)11-6-9-20(28)23-18(10-12-30-3)22-24-17-7-4-5-8-19(17)25(22)2/h4-5,7-8,13-14,18,27H,6,9-12H2,1-3H3,(H,23,28). The molecule has 0 bridgehead atoms. The van der Waals surface area contributed by atoms with E-state index in [1.54, 1.807) is 29.3 Å². The predicted molar refractivity (Wildman–Crippen MR) is 121 cm³/mol. The number of nitrogens with one attached hydrogen (secondary N) is 1. The topological polar surface area (TPSA) is 89.2 Å². The van der Waals surface area contributed by atoms with E-state index >= 15 is 0 Å². The molecule has 2 heterocycles. The van der Waals surface area contributed by atoms with E-state index in [1.165, 1.54) is 6.07 Å². The normalized spacial score (nSPS) is 12.2. The first-order valence-electron chi connectivity index (χ1n) is 10.0. The number of para-hydroxylation sites is 2. The molecule has 3 aromatic rings. The number of benzene rings is 1. The second kappa shape index (κ2) is 9.84. The molecule has 160 valence electrons. The zero-order valence-electron chi connectivity index (χ0n) is 17.6. The number of amides is 1. The van der Waals surface area contributed by atoms with Crippen LogP contribution in [-0.2, 0) is 18.4 Å². The zero-order chi connectivity index (χ0) is 21.7. The van der Waals surface area contributed by atoms with Gasteiger partial charge in [0.05, 0.1) is 17.1 Å². The maximum absolute atomic E-state index is 12.6. The monoisotopic (exact) mass is 428 g/mol. The Morgan fingerprint density at radius 2 is 2.07 bits per heavy atom. The summed E-state index contributed by atoms with van der Waals surface area (Å²) in [6.45, 7) is 2.20. The van der Waals surface area contributed by atoms with E-state index in [0.717, 1.165) is 29.0 Å². The number of carbonyl (C=O) groups excluding carboxylic acids is 1. The average molecular weight is 429 g/mol. The summed E-state index contributed by atoms with van der Waals surface area (Å²) >= 11 is 1.74. The average Bonchev–Trinajstić information content (AvgIpc) is 3.04. The largest absolute Gasteiger partial charge is 0.508 e. The molecule has 3 rings (SSSR count). The number of pyridine rings is 1. The summed E-state index contributed by atoms with van der Waals surface area (Å²) in [4.78, 5) is 29.4. The second-order valence-electron chi connectivity index (χ2n) is 7.37. The molecule has 1 aromatic carbocycles. The molecule has 0 aliphatic carbocycles.